The first kappa shape index (κ1) is 19.9. The Bertz CT molecular complexity index is 387. The molecule has 1 atom stereocenters. The second kappa shape index (κ2) is 10.6. The van der Waals surface area contributed by atoms with Crippen molar-refractivity contribution in [2.45, 2.75) is 31.7 Å². The number of hydrogen-bond donors (Lipinski definition) is 2. The molecule has 20 heavy (non-hydrogen) atoms. The number of rotatable bonds is 7. The summed E-state index contributed by atoms with van der Waals surface area (Å²) in [6.45, 7) is 1.63. The van der Waals surface area contributed by atoms with Gasteiger partial charge in [0, 0.05) is 33.4 Å². The van der Waals surface area contributed by atoms with Crippen molar-refractivity contribution >= 4 is 39.8 Å². The SMILES string of the molecule is CN=C(NCCCCCOC)NC1CCS(=O)(=O)C1.I. The van der Waals surface area contributed by atoms with Crippen molar-refractivity contribution < 1.29 is 13.2 Å². The van der Waals surface area contributed by atoms with Gasteiger partial charge in [0.25, 0.3) is 0 Å². The first-order chi connectivity index (χ1) is 9.07. The molecule has 1 fully saturated rings. The number of ether oxygens (including phenoxy) is 1. The zero-order valence-corrected chi connectivity index (χ0v) is 15.4. The first-order valence-electron chi connectivity index (χ1n) is 6.74. The van der Waals surface area contributed by atoms with E-state index in [1.807, 2.05) is 0 Å². The average Bonchev–Trinajstić information content (AvgIpc) is 2.71. The summed E-state index contributed by atoms with van der Waals surface area (Å²) in [5.74, 6) is 1.18. The van der Waals surface area contributed by atoms with Crippen molar-refractivity contribution in [1.82, 2.24) is 10.6 Å². The van der Waals surface area contributed by atoms with Crippen LogP contribution in [0.25, 0.3) is 0 Å². The van der Waals surface area contributed by atoms with Crippen LogP contribution in [0, 0.1) is 0 Å². The highest BCUT2D eigenvalue weighted by atomic mass is 127. The topological polar surface area (TPSA) is 79.8 Å². The summed E-state index contributed by atoms with van der Waals surface area (Å²) in [6, 6.07) is -0.00955. The molecule has 1 rings (SSSR count). The smallest absolute Gasteiger partial charge is 0.191 e. The third-order valence-electron chi connectivity index (χ3n) is 3.11. The molecule has 1 heterocycles. The summed E-state index contributed by atoms with van der Waals surface area (Å²) >= 11 is 0. The molecule has 1 aliphatic heterocycles. The molecule has 1 unspecified atom stereocenters. The molecular formula is C12H26IN3O3S. The lowest BCUT2D eigenvalue weighted by Crippen LogP contribution is -2.44. The van der Waals surface area contributed by atoms with E-state index in [2.05, 4.69) is 15.6 Å². The van der Waals surface area contributed by atoms with Gasteiger partial charge in [0.05, 0.1) is 11.5 Å². The summed E-state index contributed by atoms with van der Waals surface area (Å²) in [4.78, 5) is 4.11. The molecule has 1 aliphatic rings. The van der Waals surface area contributed by atoms with Crippen LogP contribution in [-0.4, -0.2) is 59.2 Å². The predicted octanol–water partition coefficient (Wildman–Crippen LogP) is 0.773. The lowest BCUT2D eigenvalue weighted by atomic mass is 10.2. The van der Waals surface area contributed by atoms with Crippen molar-refractivity contribution in [2.24, 2.45) is 4.99 Å². The Balaban J connectivity index is 0.00000361. The third-order valence-corrected chi connectivity index (χ3v) is 4.88. The zero-order valence-electron chi connectivity index (χ0n) is 12.2. The second-order valence-corrected chi connectivity index (χ2v) is 7.03. The third kappa shape index (κ3) is 8.25. The number of nitrogens with zero attached hydrogens (tertiary/aromatic N) is 1. The van der Waals surface area contributed by atoms with Crippen LogP contribution in [0.4, 0.5) is 0 Å². The number of guanidine groups is 1. The van der Waals surface area contributed by atoms with Crippen LogP contribution >= 0.6 is 24.0 Å². The molecular weight excluding hydrogens is 393 g/mol. The number of unbranched alkanes of at least 4 members (excludes halogenated alkanes) is 2. The number of sulfone groups is 1. The van der Waals surface area contributed by atoms with E-state index in [0.717, 1.165) is 32.4 Å². The summed E-state index contributed by atoms with van der Waals surface area (Å²) in [5, 5.41) is 6.36. The molecule has 120 valence electrons. The quantitative estimate of drug-likeness (QED) is 0.276. The Morgan fingerprint density at radius 1 is 1.35 bits per heavy atom. The molecule has 0 aliphatic carbocycles. The Hall–Kier alpha value is -0.0900. The zero-order chi connectivity index (χ0) is 14.1. The van der Waals surface area contributed by atoms with Crippen LogP contribution in [-0.2, 0) is 14.6 Å². The number of methoxy groups -OCH3 is 1. The summed E-state index contributed by atoms with van der Waals surface area (Å²) in [6.07, 6.45) is 3.88. The van der Waals surface area contributed by atoms with E-state index < -0.39 is 9.84 Å². The number of aliphatic imine (C=N–C) groups is 1. The van der Waals surface area contributed by atoms with E-state index in [-0.39, 0.29) is 41.5 Å². The van der Waals surface area contributed by atoms with Crippen LogP contribution < -0.4 is 10.6 Å². The van der Waals surface area contributed by atoms with Gasteiger partial charge in [0.15, 0.2) is 15.8 Å². The monoisotopic (exact) mass is 419 g/mol. The summed E-state index contributed by atoms with van der Waals surface area (Å²) < 4.78 is 27.7. The molecule has 0 saturated carbocycles. The molecule has 0 spiro atoms. The lowest BCUT2D eigenvalue weighted by molar-refractivity contribution is 0.192. The number of hydrogen-bond acceptors (Lipinski definition) is 4. The van der Waals surface area contributed by atoms with Gasteiger partial charge in [-0.25, -0.2) is 8.42 Å². The molecule has 0 aromatic heterocycles. The maximum atomic E-state index is 11.4. The van der Waals surface area contributed by atoms with Crippen molar-refractivity contribution in [3.8, 4) is 0 Å². The van der Waals surface area contributed by atoms with Crippen LogP contribution in [0.5, 0.6) is 0 Å². The Morgan fingerprint density at radius 2 is 2.10 bits per heavy atom. The second-order valence-electron chi connectivity index (χ2n) is 4.80. The van der Waals surface area contributed by atoms with Gasteiger partial charge < -0.3 is 15.4 Å². The highest BCUT2D eigenvalue weighted by molar-refractivity contribution is 14.0. The van der Waals surface area contributed by atoms with Crippen molar-refractivity contribution in [3.63, 3.8) is 0 Å². The van der Waals surface area contributed by atoms with E-state index >= 15 is 0 Å². The molecule has 8 heteroatoms. The fraction of sp³-hybridized carbons (Fsp3) is 0.917. The van der Waals surface area contributed by atoms with Gasteiger partial charge in [-0.15, -0.1) is 24.0 Å². The highest BCUT2D eigenvalue weighted by Crippen LogP contribution is 2.10. The van der Waals surface area contributed by atoms with Crippen molar-refractivity contribution in [3.05, 3.63) is 0 Å². The van der Waals surface area contributed by atoms with E-state index in [1.165, 1.54) is 0 Å². The predicted molar refractivity (Wildman–Crippen MR) is 92.7 cm³/mol. The van der Waals surface area contributed by atoms with Crippen LogP contribution in [0.15, 0.2) is 4.99 Å². The standard InChI is InChI=1S/C12H25N3O3S.HI/c1-13-12(14-7-4-3-5-8-18-2)15-11-6-9-19(16,17)10-11;/h11H,3-10H2,1-2H3,(H2,13,14,15);1H. The molecule has 0 radical (unpaired) electrons. The van der Waals surface area contributed by atoms with Crippen molar-refractivity contribution in [1.29, 1.82) is 0 Å². The fourth-order valence-corrected chi connectivity index (χ4v) is 3.73. The summed E-state index contributed by atoms with van der Waals surface area (Å²) in [5.41, 5.74) is 0. The van der Waals surface area contributed by atoms with Gasteiger partial charge >= 0.3 is 0 Å². The average molecular weight is 419 g/mol. The molecule has 2 N–H and O–H groups in total. The van der Waals surface area contributed by atoms with E-state index in [4.69, 9.17) is 4.74 Å². The van der Waals surface area contributed by atoms with Gasteiger partial charge in [-0.1, -0.05) is 0 Å². The first-order valence-corrected chi connectivity index (χ1v) is 8.56. The molecule has 6 nitrogen and oxygen atoms in total. The van der Waals surface area contributed by atoms with E-state index in [0.29, 0.717) is 12.4 Å². The molecule has 0 bridgehead atoms. The van der Waals surface area contributed by atoms with Gasteiger partial charge in [-0.3, -0.25) is 4.99 Å². The van der Waals surface area contributed by atoms with Gasteiger partial charge in [-0.2, -0.15) is 0 Å². The van der Waals surface area contributed by atoms with Gasteiger partial charge in [-0.05, 0) is 25.7 Å². The number of halogens is 1. The minimum Gasteiger partial charge on any atom is -0.385 e. The number of nitrogens with one attached hydrogen (secondary N) is 2. The largest absolute Gasteiger partial charge is 0.385 e. The van der Waals surface area contributed by atoms with Gasteiger partial charge in [0.1, 0.15) is 0 Å². The maximum absolute atomic E-state index is 11.4. The lowest BCUT2D eigenvalue weighted by Gasteiger charge is -2.15. The molecule has 0 aromatic carbocycles. The van der Waals surface area contributed by atoms with Crippen LogP contribution in [0.1, 0.15) is 25.7 Å². The molecule has 1 saturated heterocycles. The van der Waals surface area contributed by atoms with Crippen molar-refractivity contribution in [2.75, 3.05) is 38.8 Å². The van der Waals surface area contributed by atoms with E-state index in [1.54, 1.807) is 14.2 Å². The molecule has 0 aromatic rings. The van der Waals surface area contributed by atoms with Gasteiger partial charge in [0.2, 0.25) is 0 Å². The minimum atomic E-state index is -2.84. The highest BCUT2D eigenvalue weighted by Gasteiger charge is 2.28. The minimum absolute atomic E-state index is 0. The Labute approximate surface area is 139 Å². The fourth-order valence-electron chi connectivity index (χ4n) is 2.05. The Kier molecular flexibility index (Phi) is 10.6. The van der Waals surface area contributed by atoms with E-state index in [9.17, 15) is 8.42 Å². The van der Waals surface area contributed by atoms with Crippen LogP contribution in [0.2, 0.25) is 0 Å². The normalized spacial score (nSPS) is 21.3. The van der Waals surface area contributed by atoms with Crippen LogP contribution in [0.3, 0.4) is 0 Å². The Morgan fingerprint density at radius 3 is 2.65 bits per heavy atom. The molecule has 0 amide bonds. The summed E-state index contributed by atoms with van der Waals surface area (Å²) in [7, 11) is 0.562. The maximum Gasteiger partial charge on any atom is 0.191 e.